The summed E-state index contributed by atoms with van der Waals surface area (Å²) in [6.45, 7) is 0.199. The number of nitrogens with two attached hydrogens (primary N) is 1. The van der Waals surface area contributed by atoms with Crippen LogP contribution in [0.1, 0.15) is 22.6 Å². The molecule has 6 nitrogen and oxygen atoms in total. The largest absolute Gasteiger partial charge is 0.464 e. The lowest BCUT2D eigenvalue weighted by Crippen LogP contribution is -2.47. The molecule has 4 N–H and O–H groups in total. The molecule has 0 radical (unpaired) electrons. The minimum absolute atomic E-state index is 0.0423. The van der Waals surface area contributed by atoms with Crippen LogP contribution < -0.4 is 16.5 Å². The van der Waals surface area contributed by atoms with Gasteiger partial charge < -0.3 is 16.1 Å². The van der Waals surface area contributed by atoms with Crippen molar-refractivity contribution in [3.8, 4) is 0 Å². The van der Waals surface area contributed by atoms with Gasteiger partial charge in [-0.2, -0.15) is 5.10 Å². The van der Waals surface area contributed by atoms with Crippen molar-refractivity contribution < 1.29 is 9.82 Å². The van der Waals surface area contributed by atoms with Gasteiger partial charge in [0.2, 0.25) is 0 Å². The molecule has 0 saturated carbocycles. The third kappa shape index (κ3) is 3.34. The Balaban J connectivity index is 1.64. The van der Waals surface area contributed by atoms with E-state index in [9.17, 15) is 9.82 Å². The first kappa shape index (κ1) is 17.4. The number of rotatable bonds is 5. The number of hydrogen-bond donors (Lipinski definition) is 3. The molecule has 2 heterocycles. The molecule has 0 amide bonds. The van der Waals surface area contributed by atoms with Crippen LogP contribution in [-0.2, 0) is 11.2 Å². The molecule has 1 atom stereocenters. The lowest BCUT2D eigenvalue weighted by molar-refractivity contribution is -0.119. The molecule has 7 heteroatoms. The van der Waals surface area contributed by atoms with Crippen LogP contribution in [0.3, 0.4) is 0 Å². The fourth-order valence-electron chi connectivity index (χ4n) is 3.53. The van der Waals surface area contributed by atoms with Crippen molar-refractivity contribution in [2.75, 3.05) is 6.54 Å². The second kappa shape index (κ2) is 7.30. The van der Waals surface area contributed by atoms with Gasteiger partial charge in [0.15, 0.2) is 0 Å². The van der Waals surface area contributed by atoms with Crippen LogP contribution >= 0.6 is 0 Å². The molecule has 0 spiro atoms. The Morgan fingerprint density at radius 2 is 2.11 bits per heavy atom. The van der Waals surface area contributed by atoms with Crippen LogP contribution in [0.15, 0.2) is 60.0 Å². The Morgan fingerprint density at radius 3 is 2.96 bits per heavy atom. The fourth-order valence-corrected chi connectivity index (χ4v) is 3.53. The van der Waals surface area contributed by atoms with Crippen molar-refractivity contribution in [2.24, 2.45) is 10.8 Å². The summed E-state index contributed by atoms with van der Waals surface area (Å²) in [5.41, 5.74) is 9.17. The zero-order valence-corrected chi connectivity index (χ0v) is 14.7. The lowest BCUT2D eigenvalue weighted by atomic mass is 9.69. The van der Waals surface area contributed by atoms with Gasteiger partial charge in [0.05, 0.1) is 12.1 Å². The number of fused-ring (bicyclic) bond motifs is 2. The molecule has 2 aromatic carbocycles. The normalized spacial score (nSPS) is 13.9. The predicted octanol–water partition coefficient (Wildman–Crippen LogP) is 0.713. The van der Waals surface area contributed by atoms with Crippen molar-refractivity contribution in [1.29, 1.82) is 0 Å². The second-order valence-electron chi connectivity index (χ2n) is 6.63. The molecule has 0 saturated heterocycles. The van der Waals surface area contributed by atoms with Crippen LogP contribution in [0.25, 0.3) is 10.8 Å². The minimum atomic E-state index is -0.882. The van der Waals surface area contributed by atoms with Gasteiger partial charge in [-0.05, 0) is 33.6 Å². The van der Waals surface area contributed by atoms with Crippen LogP contribution in [-0.4, -0.2) is 35.6 Å². The quantitative estimate of drug-likeness (QED) is 0.584. The van der Waals surface area contributed by atoms with Gasteiger partial charge in [-0.15, -0.1) is 0 Å². The number of ketones is 1. The molecule has 1 aliphatic heterocycles. The first-order valence-electron chi connectivity index (χ1n) is 8.82. The highest BCUT2D eigenvalue weighted by molar-refractivity contribution is 6.65. The highest BCUT2D eigenvalue weighted by Gasteiger charge is 2.28. The maximum atomic E-state index is 13.0. The van der Waals surface area contributed by atoms with E-state index in [1.54, 1.807) is 18.6 Å². The van der Waals surface area contributed by atoms with Crippen molar-refractivity contribution in [3.63, 3.8) is 0 Å². The highest BCUT2D eigenvalue weighted by Crippen LogP contribution is 2.22. The van der Waals surface area contributed by atoms with Crippen molar-refractivity contribution in [2.45, 2.75) is 12.3 Å². The van der Waals surface area contributed by atoms with Crippen molar-refractivity contribution >= 4 is 35.3 Å². The summed E-state index contributed by atoms with van der Waals surface area (Å²) in [6.07, 6.45) is 5.47. The van der Waals surface area contributed by atoms with E-state index < -0.39 is 13.0 Å². The topological polar surface area (TPSA) is 101 Å². The summed E-state index contributed by atoms with van der Waals surface area (Å²) < 4.78 is 0. The van der Waals surface area contributed by atoms with Crippen LogP contribution in [0.4, 0.5) is 0 Å². The predicted molar refractivity (Wildman–Crippen MR) is 107 cm³/mol. The van der Waals surface area contributed by atoms with Crippen LogP contribution in [0.2, 0.25) is 0 Å². The zero-order valence-electron chi connectivity index (χ0n) is 14.7. The molecule has 0 fully saturated rings. The summed E-state index contributed by atoms with van der Waals surface area (Å²) in [7, 11) is -0.882. The summed E-state index contributed by atoms with van der Waals surface area (Å²) in [5.74, 6) is -0.412. The maximum absolute atomic E-state index is 13.0. The standard InChI is InChI=1S/C20H19BN4O2/c22-10-17(16-2-1-3-19-18(16)12-24-25-21(19)27)20(26)9-13-4-5-15-11-23-7-6-14(15)8-13/h1-8,11-12,17,25,27H,9-10,22H2/t17-/m1/s1. The zero-order chi connectivity index (χ0) is 18.8. The van der Waals surface area contributed by atoms with Gasteiger partial charge >= 0.3 is 7.05 Å². The average molecular weight is 358 g/mol. The number of nitrogens with one attached hydrogen (secondary N) is 1. The smallest absolute Gasteiger partial charge is 0.428 e. The molecule has 0 bridgehead atoms. The molecule has 0 aliphatic carbocycles. The molecule has 134 valence electrons. The van der Waals surface area contributed by atoms with E-state index in [-0.39, 0.29) is 12.3 Å². The van der Waals surface area contributed by atoms with E-state index in [2.05, 4.69) is 15.4 Å². The Labute approximate surface area is 157 Å². The summed E-state index contributed by atoms with van der Waals surface area (Å²) >= 11 is 0. The summed E-state index contributed by atoms with van der Waals surface area (Å²) in [6, 6.07) is 13.4. The van der Waals surface area contributed by atoms with Crippen molar-refractivity contribution in [1.82, 2.24) is 10.3 Å². The molecular formula is C20H19BN4O2. The maximum Gasteiger partial charge on any atom is 0.464 e. The second-order valence-corrected chi connectivity index (χ2v) is 6.63. The van der Waals surface area contributed by atoms with Gasteiger partial charge in [0.1, 0.15) is 5.78 Å². The van der Waals surface area contributed by atoms with Gasteiger partial charge in [-0.1, -0.05) is 36.4 Å². The first-order chi connectivity index (χ1) is 13.2. The minimum Gasteiger partial charge on any atom is -0.428 e. The Morgan fingerprint density at radius 1 is 1.22 bits per heavy atom. The Bertz CT molecular complexity index is 1040. The first-order valence-corrected chi connectivity index (χ1v) is 8.82. The molecule has 27 heavy (non-hydrogen) atoms. The van der Waals surface area contributed by atoms with E-state index in [4.69, 9.17) is 5.73 Å². The highest BCUT2D eigenvalue weighted by atomic mass is 16.2. The lowest BCUT2D eigenvalue weighted by Gasteiger charge is -2.22. The number of carbonyl (C=O) groups excluding carboxylic acids is 1. The summed E-state index contributed by atoms with van der Waals surface area (Å²) in [5, 5.41) is 18.7. The van der Waals surface area contributed by atoms with E-state index >= 15 is 0 Å². The number of nitrogens with zero attached hydrogens (tertiary/aromatic N) is 2. The van der Waals surface area contributed by atoms with E-state index in [1.165, 1.54) is 0 Å². The molecule has 3 aromatic rings. The molecule has 0 unspecified atom stereocenters. The third-order valence-corrected chi connectivity index (χ3v) is 4.94. The Kier molecular flexibility index (Phi) is 4.70. The number of hydrazone groups is 1. The van der Waals surface area contributed by atoms with E-state index in [0.717, 1.165) is 27.5 Å². The van der Waals surface area contributed by atoms with E-state index in [1.807, 2.05) is 42.5 Å². The van der Waals surface area contributed by atoms with Crippen molar-refractivity contribution in [3.05, 3.63) is 71.5 Å². The monoisotopic (exact) mass is 358 g/mol. The Hall–Kier alpha value is -3.03. The SMILES string of the molecule is NC[C@@H](C(=O)Cc1ccc2cnccc2c1)c1cccc2c1C=NNB2O. The number of pyridine rings is 1. The molecule has 4 rings (SSSR count). The van der Waals surface area contributed by atoms with Gasteiger partial charge in [0.25, 0.3) is 0 Å². The number of benzene rings is 2. The molecule has 1 aromatic heterocycles. The number of aromatic nitrogens is 1. The summed E-state index contributed by atoms with van der Waals surface area (Å²) in [4.78, 5) is 17.1. The molecular weight excluding hydrogens is 339 g/mol. The van der Waals surface area contributed by atoms with Gasteiger partial charge in [0, 0.05) is 30.7 Å². The average Bonchev–Trinajstić information content (AvgIpc) is 2.69. The fraction of sp³-hybridized carbons (Fsp3) is 0.150. The van der Waals surface area contributed by atoms with Gasteiger partial charge in [-0.25, -0.2) is 0 Å². The number of hydrogen-bond acceptors (Lipinski definition) is 6. The van der Waals surface area contributed by atoms with E-state index in [0.29, 0.717) is 11.9 Å². The van der Waals surface area contributed by atoms with Crippen LogP contribution in [0.5, 0.6) is 0 Å². The number of carbonyl (C=O) groups is 1. The van der Waals surface area contributed by atoms with Gasteiger partial charge in [-0.3, -0.25) is 9.78 Å². The number of Topliss-reactive ketones (excluding diaryl/α,β-unsaturated/α-hetero) is 1. The third-order valence-electron chi connectivity index (χ3n) is 4.94. The molecule has 1 aliphatic rings. The van der Waals surface area contributed by atoms with Crippen LogP contribution in [0, 0.1) is 0 Å².